The molecule has 1 unspecified atom stereocenters. The van der Waals surface area contributed by atoms with Crippen LogP contribution in [-0.4, -0.2) is 46.5 Å². The highest BCUT2D eigenvalue weighted by Gasteiger charge is 2.11. The molecular formula is C37H44N2O5S. The topological polar surface area (TPSA) is 79.7 Å². The fraction of sp³-hybridized carbons (Fsp3) is 0.351. The summed E-state index contributed by atoms with van der Waals surface area (Å²) in [4.78, 5) is 17.8. The maximum absolute atomic E-state index is 12.9. The Hall–Kier alpha value is -4.01. The number of imidazole rings is 1. The second-order valence-electron chi connectivity index (χ2n) is 10.9. The van der Waals surface area contributed by atoms with Crippen molar-refractivity contribution in [1.82, 2.24) is 9.55 Å². The Morgan fingerprint density at radius 3 is 2.53 bits per heavy atom. The average Bonchev–Trinajstić information content (AvgIpc) is 3.48. The van der Waals surface area contributed by atoms with E-state index in [9.17, 15) is 9.00 Å². The lowest BCUT2D eigenvalue weighted by Crippen LogP contribution is -2.07. The van der Waals surface area contributed by atoms with Gasteiger partial charge in [0.05, 0.1) is 42.3 Å². The Bertz CT molecular complexity index is 1590. The van der Waals surface area contributed by atoms with Gasteiger partial charge in [0.25, 0.3) is 0 Å². The fourth-order valence-corrected chi connectivity index (χ4v) is 6.09. The molecule has 3 aromatic carbocycles. The van der Waals surface area contributed by atoms with Gasteiger partial charge in [0.15, 0.2) is 5.78 Å². The number of unbranched alkanes of at least 4 members (excludes halogenated alkanes) is 1. The van der Waals surface area contributed by atoms with Crippen LogP contribution in [0, 0.1) is 6.92 Å². The highest BCUT2D eigenvalue weighted by atomic mass is 32.2. The number of carbonyl (C=O) groups excluding carboxylic acids is 1. The first kappa shape index (κ1) is 33.9. The number of nitrogens with zero attached hydrogens (tertiary/aromatic N) is 2. The van der Waals surface area contributed by atoms with Crippen molar-refractivity contribution in [3.05, 3.63) is 102 Å². The molecule has 0 bridgehead atoms. The summed E-state index contributed by atoms with van der Waals surface area (Å²) in [6, 6.07) is 19.5. The van der Waals surface area contributed by atoms with Gasteiger partial charge in [0.1, 0.15) is 18.1 Å². The third-order valence-corrected chi connectivity index (χ3v) is 8.79. The zero-order valence-electron chi connectivity index (χ0n) is 26.8. The summed E-state index contributed by atoms with van der Waals surface area (Å²) in [6.45, 7) is 9.03. The lowest BCUT2D eigenvalue weighted by Gasteiger charge is -2.13. The molecule has 0 saturated carbocycles. The van der Waals surface area contributed by atoms with Crippen molar-refractivity contribution in [2.45, 2.75) is 63.6 Å². The number of aromatic nitrogens is 2. The van der Waals surface area contributed by atoms with E-state index in [2.05, 4.69) is 31.8 Å². The first-order valence-corrected chi connectivity index (χ1v) is 16.9. The zero-order valence-corrected chi connectivity index (χ0v) is 27.6. The van der Waals surface area contributed by atoms with Crippen LogP contribution in [0.3, 0.4) is 0 Å². The van der Waals surface area contributed by atoms with E-state index >= 15 is 0 Å². The predicted molar refractivity (Wildman–Crippen MR) is 181 cm³/mol. The molecule has 7 nitrogen and oxygen atoms in total. The largest absolute Gasteiger partial charge is 0.496 e. The molecule has 1 atom stereocenters. The molecule has 4 rings (SSSR count). The maximum Gasteiger partial charge on any atom is 0.160 e. The van der Waals surface area contributed by atoms with Crippen molar-refractivity contribution < 1.29 is 23.2 Å². The number of rotatable bonds is 18. The van der Waals surface area contributed by atoms with Crippen molar-refractivity contribution >= 4 is 22.7 Å². The minimum absolute atomic E-state index is 0.0313. The summed E-state index contributed by atoms with van der Waals surface area (Å²) in [6.07, 6.45) is 10.4. The molecule has 0 aliphatic carbocycles. The molecule has 0 saturated heterocycles. The maximum atomic E-state index is 12.9. The van der Waals surface area contributed by atoms with Crippen molar-refractivity contribution in [1.29, 1.82) is 0 Å². The molecule has 0 radical (unpaired) electrons. The molecule has 1 heterocycles. The summed E-state index contributed by atoms with van der Waals surface area (Å²) >= 11 is 0. The van der Waals surface area contributed by atoms with Gasteiger partial charge < -0.3 is 18.8 Å². The summed E-state index contributed by atoms with van der Waals surface area (Å²) < 4.78 is 32.0. The van der Waals surface area contributed by atoms with E-state index in [0.29, 0.717) is 24.7 Å². The van der Waals surface area contributed by atoms with Crippen molar-refractivity contribution in [2.75, 3.05) is 26.9 Å². The summed E-state index contributed by atoms with van der Waals surface area (Å²) in [5.74, 6) is 1.88. The predicted octanol–water partition coefficient (Wildman–Crippen LogP) is 7.61. The molecule has 4 aromatic rings. The Morgan fingerprint density at radius 1 is 0.978 bits per heavy atom. The van der Waals surface area contributed by atoms with Crippen LogP contribution >= 0.6 is 0 Å². The summed E-state index contributed by atoms with van der Waals surface area (Å²) in [5.41, 5.74) is 5.84. The molecule has 0 spiro atoms. The molecular weight excluding hydrogens is 584 g/mol. The normalized spacial score (nSPS) is 12.0. The van der Waals surface area contributed by atoms with Crippen LogP contribution in [0.4, 0.5) is 0 Å². The molecule has 45 heavy (non-hydrogen) atoms. The highest BCUT2D eigenvalue weighted by Crippen LogP contribution is 2.31. The van der Waals surface area contributed by atoms with Gasteiger partial charge in [-0.1, -0.05) is 44.5 Å². The first-order chi connectivity index (χ1) is 21.9. The standard InChI is InChI=1S/C37H44N2O5S/c1-5-7-19-43-20-21-44-34-13-16-36(28(3)22-34)30-11-17-37(42-4)31(24-30)10-12-33(40)23-29-8-14-35(15-9-29)45(41)26-32-25-38-27-39(32)18-6-2/h8-17,22,24-25,27H,5-7,18-21,23,26H2,1-4H3/b12-10+. The van der Waals surface area contributed by atoms with Gasteiger partial charge in [-0.3, -0.25) is 9.00 Å². The molecule has 238 valence electrons. The summed E-state index contributed by atoms with van der Waals surface area (Å²) in [5, 5.41) is 0. The Morgan fingerprint density at radius 2 is 1.80 bits per heavy atom. The number of hydrogen-bond donors (Lipinski definition) is 0. The van der Waals surface area contributed by atoms with Crippen LogP contribution < -0.4 is 9.47 Å². The second-order valence-corrected chi connectivity index (χ2v) is 12.4. The van der Waals surface area contributed by atoms with Crippen LogP contribution in [0.5, 0.6) is 11.5 Å². The van der Waals surface area contributed by atoms with Crippen molar-refractivity contribution in [3.63, 3.8) is 0 Å². The van der Waals surface area contributed by atoms with Gasteiger partial charge in [0, 0.05) is 36.2 Å². The van der Waals surface area contributed by atoms with E-state index in [-0.39, 0.29) is 12.2 Å². The van der Waals surface area contributed by atoms with Crippen LogP contribution in [0.25, 0.3) is 17.2 Å². The first-order valence-electron chi connectivity index (χ1n) is 15.6. The van der Waals surface area contributed by atoms with Crippen LogP contribution in [0.1, 0.15) is 55.5 Å². The van der Waals surface area contributed by atoms with Crippen LogP contribution in [0.2, 0.25) is 0 Å². The van der Waals surface area contributed by atoms with Crippen LogP contribution in [-0.2, 0) is 39.0 Å². The highest BCUT2D eigenvalue weighted by molar-refractivity contribution is 7.84. The monoisotopic (exact) mass is 628 g/mol. The summed E-state index contributed by atoms with van der Waals surface area (Å²) in [7, 11) is 0.435. The van der Waals surface area contributed by atoms with E-state index in [1.54, 1.807) is 31.8 Å². The third kappa shape index (κ3) is 9.99. The number of allylic oxidation sites excluding steroid dienone is 1. The van der Waals surface area contributed by atoms with Gasteiger partial charge in [-0.15, -0.1) is 0 Å². The number of methoxy groups -OCH3 is 1. The molecule has 0 aliphatic rings. The Kier molecular flexibility index (Phi) is 13.2. The quantitative estimate of drug-likeness (QED) is 0.0834. The lowest BCUT2D eigenvalue weighted by molar-refractivity contribution is -0.113. The van der Waals surface area contributed by atoms with Crippen LogP contribution in [0.15, 0.2) is 84.2 Å². The van der Waals surface area contributed by atoms with E-state index in [4.69, 9.17) is 14.2 Å². The number of ether oxygens (including phenoxy) is 3. The number of carbonyl (C=O) groups is 1. The third-order valence-electron chi connectivity index (χ3n) is 7.43. The second kappa shape index (κ2) is 17.5. The van der Waals surface area contributed by atoms with Crippen molar-refractivity contribution in [3.8, 4) is 22.6 Å². The number of hydrogen-bond acceptors (Lipinski definition) is 6. The van der Waals surface area contributed by atoms with E-state index in [1.807, 2.05) is 59.2 Å². The lowest BCUT2D eigenvalue weighted by atomic mass is 9.97. The van der Waals surface area contributed by atoms with Gasteiger partial charge in [-0.2, -0.15) is 0 Å². The molecule has 0 amide bonds. The van der Waals surface area contributed by atoms with Gasteiger partial charge in [0.2, 0.25) is 0 Å². The number of aryl methyl sites for hydroxylation is 2. The minimum Gasteiger partial charge on any atom is -0.496 e. The minimum atomic E-state index is -1.19. The fourth-order valence-electron chi connectivity index (χ4n) is 4.98. The molecule has 0 aliphatic heterocycles. The molecule has 1 aromatic heterocycles. The Balaban J connectivity index is 1.36. The smallest absolute Gasteiger partial charge is 0.160 e. The number of benzene rings is 3. The molecule has 0 fully saturated rings. The van der Waals surface area contributed by atoms with Gasteiger partial charge in [-0.25, -0.2) is 4.98 Å². The Labute approximate surface area is 269 Å². The van der Waals surface area contributed by atoms with Gasteiger partial charge in [-0.05, 0) is 90.6 Å². The van der Waals surface area contributed by atoms with E-state index in [1.165, 1.54) is 0 Å². The SMILES string of the molecule is CCCCOCCOc1ccc(-c2ccc(OC)c(/C=C/C(=O)Cc3ccc(S(=O)Cc4cncn4CCC)cc3)c2)c(C)c1. The van der Waals surface area contributed by atoms with E-state index in [0.717, 1.165) is 76.6 Å². The average molecular weight is 629 g/mol. The molecule has 0 N–H and O–H groups in total. The molecule has 8 heteroatoms. The zero-order chi connectivity index (χ0) is 32.0. The van der Waals surface area contributed by atoms with Gasteiger partial charge >= 0.3 is 0 Å². The number of ketones is 1. The van der Waals surface area contributed by atoms with Crippen molar-refractivity contribution in [2.24, 2.45) is 0 Å². The van der Waals surface area contributed by atoms with E-state index < -0.39 is 10.8 Å².